The number of nitrogens with zero attached hydrogens (tertiary/aromatic N) is 4. The highest BCUT2D eigenvalue weighted by Crippen LogP contribution is 2.44. The third kappa shape index (κ3) is 4.67. The molecule has 19 heavy (non-hydrogen) atoms. The van der Waals surface area contributed by atoms with Crippen molar-refractivity contribution in [1.29, 1.82) is 0 Å². The number of hydrogen-bond acceptors (Lipinski definition) is 2. The van der Waals surface area contributed by atoms with Crippen LogP contribution in [0.4, 0.5) is 0 Å². The molecule has 0 saturated heterocycles. The molecule has 0 aromatic carbocycles. The van der Waals surface area contributed by atoms with Crippen molar-refractivity contribution in [2.45, 2.75) is 26.3 Å². The Hall–Kier alpha value is -0.790. The Kier molecular flexibility index (Phi) is 5.64. The van der Waals surface area contributed by atoms with E-state index in [0.29, 0.717) is 5.41 Å². The molecule has 1 N–H and O–H groups in total. The van der Waals surface area contributed by atoms with Gasteiger partial charge in [0, 0.05) is 46.0 Å². The van der Waals surface area contributed by atoms with E-state index in [9.17, 15) is 0 Å². The van der Waals surface area contributed by atoms with Gasteiger partial charge in [-0.1, -0.05) is 6.92 Å². The predicted octanol–water partition coefficient (Wildman–Crippen LogP) is 1.85. The van der Waals surface area contributed by atoms with Crippen molar-refractivity contribution in [3.05, 3.63) is 18.0 Å². The first kappa shape index (κ1) is 16.3. The molecule has 0 atom stereocenters. The van der Waals surface area contributed by atoms with Crippen LogP contribution in [0.15, 0.2) is 17.4 Å². The van der Waals surface area contributed by atoms with Crippen LogP contribution in [-0.4, -0.2) is 41.3 Å². The van der Waals surface area contributed by atoms with E-state index in [2.05, 4.69) is 34.3 Å². The predicted molar refractivity (Wildman–Crippen MR) is 88.8 cm³/mol. The van der Waals surface area contributed by atoms with Gasteiger partial charge in [-0.05, 0) is 18.3 Å². The summed E-state index contributed by atoms with van der Waals surface area (Å²) in [4.78, 5) is 6.45. The van der Waals surface area contributed by atoms with Gasteiger partial charge in [-0.2, -0.15) is 5.10 Å². The Balaban J connectivity index is 0.00000180. The van der Waals surface area contributed by atoms with Gasteiger partial charge in [0.15, 0.2) is 5.96 Å². The van der Waals surface area contributed by atoms with E-state index in [-0.39, 0.29) is 24.0 Å². The van der Waals surface area contributed by atoms with E-state index in [4.69, 9.17) is 0 Å². The average Bonchev–Trinajstić information content (AvgIpc) is 2.92. The summed E-state index contributed by atoms with van der Waals surface area (Å²) >= 11 is 0. The number of rotatable bonds is 4. The van der Waals surface area contributed by atoms with Crippen molar-refractivity contribution in [3.8, 4) is 0 Å². The van der Waals surface area contributed by atoms with Gasteiger partial charge in [0.05, 0.1) is 6.20 Å². The Morgan fingerprint density at radius 3 is 2.74 bits per heavy atom. The molecule has 1 aromatic heterocycles. The summed E-state index contributed by atoms with van der Waals surface area (Å²) in [6, 6.07) is 0. The number of aliphatic imine (C=N–C) groups is 1. The zero-order valence-electron chi connectivity index (χ0n) is 12.2. The second-order valence-corrected chi connectivity index (χ2v) is 5.59. The van der Waals surface area contributed by atoms with E-state index in [1.54, 1.807) is 0 Å². The lowest BCUT2D eigenvalue weighted by molar-refractivity contribution is 0.458. The van der Waals surface area contributed by atoms with Crippen LogP contribution in [0.2, 0.25) is 0 Å². The smallest absolute Gasteiger partial charge is 0.193 e. The van der Waals surface area contributed by atoms with E-state index >= 15 is 0 Å². The highest BCUT2D eigenvalue weighted by molar-refractivity contribution is 14.0. The highest BCUT2D eigenvalue weighted by atomic mass is 127. The normalized spacial score (nSPS) is 16.7. The van der Waals surface area contributed by atoms with Crippen molar-refractivity contribution in [2.75, 3.05) is 20.6 Å². The Morgan fingerprint density at radius 1 is 1.58 bits per heavy atom. The van der Waals surface area contributed by atoms with Gasteiger partial charge >= 0.3 is 0 Å². The molecule has 6 heteroatoms. The molecule has 1 aliphatic rings. The molecule has 0 spiro atoms. The van der Waals surface area contributed by atoms with Crippen molar-refractivity contribution >= 4 is 29.9 Å². The molecule has 0 aliphatic heterocycles. The summed E-state index contributed by atoms with van der Waals surface area (Å²) in [6.45, 7) is 4.15. The monoisotopic (exact) mass is 377 g/mol. The molecule has 2 rings (SSSR count). The molecule has 1 fully saturated rings. The molecular formula is C13H24IN5. The molecule has 5 nitrogen and oxygen atoms in total. The zero-order chi connectivity index (χ0) is 13.2. The SMILES string of the molecule is CN=C(NCC1(C)CC1)N(C)Cc1cnn(C)c1.I. The minimum absolute atomic E-state index is 0. The molecule has 0 bridgehead atoms. The van der Waals surface area contributed by atoms with Crippen LogP contribution in [0.25, 0.3) is 0 Å². The first-order valence-corrected chi connectivity index (χ1v) is 6.42. The average molecular weight is 377 g/mol. The molecule has 1 aliphatic carbocycles. The number of halogens is 1. The number of hydrogen-bond donors (Lipinski definition) is 1. The molecule has 0 radical (unpaired) electrons. The molecular weight excluding hydrogens is 353 g/mol. The van der Waals surface area contributed by atoms with Crippen LogP contribution in [0, 0.1) is 5.41 Å². The molecule has 0 unspecified atom stereocenters. The highest BCUT2D eigenvalue weighted by Gasteiger charge is 2.37. The van der Waals surface area contributed by atoms with Gasteiger partial charge < -0.3 is 10.2 Å². The minimum atomic E-state index is 0. The number of nitrogens with one attached hydrogen (secondary N) is 1. The number of guanidine groups is 1. The van der Waals surface area contributed by atoms with Crippen LogP contribution in [0.5, 0.6) is 0 Å². The van der Waals surface area contributed by atoms with Crippen LogP contribution >= 0.6 is 24.0 Å². The fraction of sp³-hybridized carbons (Fsp3) is 0.692. The molecule has 1 heterocycles. The lowest BCUT2D eigenvalue weighted by atomic mass is 10.1. The quantitative estimate of drug-likeness (QED) is 0.495. The number of aromatic nitrogens is 2. The Labute approximate surface area is 132 Å². The molecule has 108 valence electrons. The van der Waals surface area contributed by atoms with Crippen LogP contribution < -0.4 is 5.32 Å². The van der Waals surface area contributed by atoms with Crippen LogP contribution in [0.1, 0.15) is 25.3 Å². The summed E-state index contributed by atoms with van der Waals surface area (Å²) in [5.74, 6) is 0.951. The summed E-state index contributed by atoms with van der Waals surface area (Å²) in [5, 5.41) is 7.63. The first-order chi connectivity index (χ1) is 8.52. The van der Waals surface area contributed by atoms with Crippen LogP contribution in [0.3, 0.4) is 0 Å². The molecule has 1 saturated carbocycles. The Bertz CT molecular complexity index is 436. The second kappa shape index (κ2) is 6.58. The fourth-order valence-corrected chi connectivity index (χ4v) is 1.97. The first-order valence-electron chi connectivity index (χ1n) is 6.42. The van der Waals surface area contributed by atoms with Crippen molar-refractivity contribution in [3.63, 3.8) is 0 Å². The van der Waals surface area contributed by atoms with E-state index in [0.717, 1.165) is 19.0 Å². The largest absolute Gasteiger partial charge is 0.356 e. The number of aryl methyl sites for hydroxylation is 1. The zero-order valence-corrected chi connectivity index (χ0v) is 14.5. The topological polar surface area (TPSA) is 45.5 Å². The lowest BCUT2D eigenvalue weighted by Crippen LogP contribution is -2.40. The van der Waals surface area contributed by atoms with Gasteiger partial charge in [0.25, 0.3) is 0 Å². The maximum atomic E-state index is 4.33. The van der Waals surface area contributed by atoms with E-state index in [1.807, 2.05) is 31.2 Å². The minimum Gasteiger partial charge on any atom is -0.356 e. The van der Waals surface area contributed by atoms with Crippen LogP contribution in [-0.2, 0) is 13.6 Å². The summed E-state index contributed by atoms with van der Waals surface area (Å²) in [5.41, 5.74) is 1.69. The van der Waals surface area contributed by atoms with Gasteiger partial charge in [-0.15, -0.1) is 24.0 Å². The van der Waals surface area contributed by atoms with Gasteiger partial charge in [0.1, 0.15) is 0 Å². The summed E-state index contributed by atoms with van der Waals surface area (Å²) in [7, 11) is 5.82. The van der Waals surface area contributed by atoms with E-state index < -0.39 is 0 Å². The third-order valence-electron chi connectivity index (χ3n) is 3.53. The second-order valence-electron chi connectivity index (χ2n) is 5.59. The molecule has 0 amide bonds. The molecule has 1 aromatic rings. The van der Waals surface area contributed by atoms with Gasteiger partial charge in [-0.3, -0.25) is 9.67 Å². The Morgan fingerprint density at radius 2 is 2.26 bits per heavy atom. The third-order valence-corrected chi connectivity index (χ3v) is 3.53. The van der Waals surface area contributed by atoms with Gasteiger partial charge in [0.2, 0.25) is 0 Å². The van der Waals surface area contributed by atoms with E-state index in [1.165, 1.54) is 18.4 Å². The summed E-state index contributed by atoms with van der Waals surface area (Å²) < 4.78 is 1.82. The fourth-order valence-electron chi connectivity index (χ4n) is 1.97. The van der Waals surface area contributed by atoms with Gasteiger partial charge in [-0.25, -0.2) is 0 Å². The maximum Gasteiger partial charge on any atom is 0.193 e. The van der Waals surface area contributed by atoms with Crippen molar-refractivity contribution < 1.29 is 0 Å². The standard InChI is InChI=1S/C13H23N5.HI/c1-13(5-6-13)10-15-12(14-2)17(3)8-11-7-16-18(4)9-11;/h7,9H,5-6,8,10H2,1-4H3,(H,14,15);1H. The summed E-state index contributed by atoms with van der Waals surface area (Å²) in [6.07, 6.45) is 6.57. The van der Waals surface area contributed by atoms with Crippen molar-refractivity contribution in [2.24, 2.45) is 17.5 Å². The maximum absolute atomic E-state index is 4.33. The lowest BCUT2D eigenvalue weighted by Gasteiger charge is -2.23. The van der Waals surface area contributed by atoms with Crippen molar-refractivity contribution in [1.82, 2.24) is 20.0 Å².